The second-order valence-corrected chi connectivity index (χ2v) is 6.08. The molecule has 1 rings (SSSR count). The fraction of sp³-hybridized carbons (Fsp3) is 0.647. The minimum atomic E-state index is -1.03. The van der Waals surface area contributed by atoms with E-state index < -0.39 is 11.3 Å². The summed E-state index contributed by atoms with van der Waals surface area (Å²) in [5.74, 6) is -0.148. The van der Waals surface area contributed by atoms with Gasteiger partial charge in [0.2, 0.25) is 0 Å². The highest BCUT2D eigenvalue weighted by molar-refractivity contribution is 5.30. The first kappa shape index (κ1) is 17.2. The quantitative estimate of drug-likeness (QED) is 0.672. The van der Waals surface area contributed by atoms with Crippen LogP contribution >= 0.6 is 0 Å². The maximum absolute atomic E-state index is 10.8. The van der Waals surface area contributed by atoms with Gasteiger partial charge in [-0.05, 0) is 39.3 Å². The Hall–Kier alpha value is -0.900. The molecule has 0 saturated carbocycles. The Morgan fingerprint density at radius 3 is 2.20 bits per heavy atom. The molecule has 3 nitrogen and oxygen atoms in total. The molecule has 0 aliphatic carbocycles. The lowest BCUT2D eigenvalue weighted by Gasteiger charge is -2.45. The fourth-order valence-electron chi connectivity index (χ4n) is 3.11. The number of benzene rings is 1. The lowest BCUT2D eigenvalue weighted by atomic mass is 9.70. The molecule has 3 unspecified atom stereocenters. The first-order valence-corrected chi connectivity index (χ1v) is 7.57. The first-order chi connectivity index (χ1) is 9.30. The van der Waals surface area contributed by atoms with Gasteiger partial charge < -0.3 is 10.8 Å². The summed E-state index contributed by atoms with van der Waals surface area (Å²) in [5, 5.41) is 13.8. The van der Waals surface area contributed by atoms with Crippen LogP contribution in [-0.2, 0) is 0 Å². The highest BCUT2D eigenvalue weighted by Gasteiger charge is 2.44. The molecule has 0 aliphatic rings. The average Bonchev–Trinajstić information content (AvgIpc) is 2.41. The smallest absolute Gasteiger partial charge is 0.121 e. The summed E-state index contributed by atoms with van der Waals surface area (Å²) in [5.41, 5.74) is 7.54. The van der Waals surface area contributed by atoms with Crippen LogP contribution in [0.4, 0.5) is 0 Å². The van der Waals surface area contributed by atoms with E-state index in [1.807, 2.05) is 6.92 Å². The van der Waals surface area contributed by atoms with Crippen LogP contribution < -0.4 is 11.1 Å². The summed E-state index contributed by atoms with van der Waals surface area (Å²) >= 11 is 0. The molecule has 3 heteroatoms. The highest BCUT2D eigenvalue weighted by atomic mass is 16.3. The van der Waals surface area contributed by atoms with E-state index in [0.717, 1.165) is 24.8 Å². The molecule has 0 bridgehead atoms. The predicted octanol–water partition coefficient (Wildman–Crippen LogP) is 2.91. The van der Waals surface area contributed by atoms with Crippen molar-refractivity contribution in [3.8, 4) is 0 Å². The maximum Gasteiger partial charge on any atom is 0.121 e. The number of aryl methyl sites for hydroxylation is 1. The zero-order valence-corrected chi connectivity index (χ0v) is 13.5. The van der Waals surface area contributed by atoms with Gasteiger partial charge in [-0.2, -0.15) is 0 Å². The Morgan fingerprint density at radius 2 is 1.80 bits per heavy atom. The number of nitrogens with two attached hydrogens (primary N) is 1. The van der Waals surface area contributed by atoms with Crippen molar-refractivity contribution in [2.45, 2.75) is 64.1 Å². The lowest BCUT2D eigenvalue weighted by Crippen LogP contribution is -2.58. The monoisotopic (exact) mass is 278 g/mol. The third-order valence-corrected chi connectivity index (χ3v) is 4.43. The van der Waals surface area contributed by atoms with Gasteiger partial charge in [0.05, 0.1) is 0 Å². The number of hydrogen-bond acceptors (Lipinski definition) is 3. The molecule has 0 heterocycles. The minimum absolute atomic E-state index is 0.148. The molecule has 20 heavy (non-hydrogen) atoms. The number of hydrogen-bond donors (Lipinski definition) is 3. The molecule has 1 aromatic rings. The number of nitrogens with one attached hydrogen (secondary N) is 1. The molecule has 0 fully saturated rings. The van der Waals surface area contributed by atoms with E-state index in [2.05, 4.69) is 50.4 Å². The summed E-state index contributed by atoms with van der Waals surface area (Å²) in [6, 6.07) is 8.32. The predicted molar refractivity (Wildman–Crippen MR) is 85.7 cm³/mol. The SMILES string of the molecule is CCCC(N)(CC)C(c1ccc(C)cc1)C(C)(O)NC. The zero-order valence-electron chi connectivity index (χ0n) is 13.5. The topological polar surface area (TPSA) is 58.3 Å². The van der Waals surface area contributed by atoms with Crippen LogP contribution in [0.2, 0.25) is 0 Å². The van der Waals surface area contributed by atoms with E-state index in [1.54, 1.807) is 7.05 Å². The van der Waals surface area contributed by atoms with Crippen LogP contribution in [0.5, 0.6) is 0 Å². The van der Waals surface area contributed by atoms with E-state index in [1.165, 1.54) is 5.56 Å². The van der Waals surface area contributed by atoms with Gasteiger partial charge in [0.15, 0.2) is 0 Å². The number of aliphatic hydroxyl groups is 1. The largest absolute Gasteiger partial charge is 0.375 e. The molecule has 0 aliphatic heterocycles. The van der Waals surface area contributed by atoms with E-state index in [-0.39, 0.29) is 5.92 Å². The lowest BCUT2D eigenvalue weighted by molar-refractivity contribution is -0.0250. The molecule has 0 spiro atoms. The summed E-state index contributed by atoms with van der Waals surface area (Å²) in [7, 11) is 1.78. The van der Waals surface area contributed by atoms with Crippen LogP contribution in [0.25, 0.3) is 0 Å². The minimum Gasteiger partial charge on any atom is -0.375 e. The molecule has 4 N–H and O–H groups in total. The number of likely N-dealkylation sites (N-methyl/N-ethyl adjacent to an activating group) is 1. The summed E-state index contributed by atoms with van der Waals surface area (Å²) in [6.45, 7) is 8.11. The van der Waals surface area contributed by atoms with Gasteiger partial charge in [-0.3, -0.25) is 5.32 Å². The van der Waals surface area contributed by atoms with Crippen LogP contribution in [0.15, 0.2) is 24.3 Å². The van der Waals surface area contributed by atoms with Gasteiger partial charge in [-0.25, -0.2) is 0 Å². The Kier molecular flexibility index (Phi) is 5.75. The summed E-state index contributed by atoms with van der Waals surface area (Å²) in [4.78, 5) is 0. The third kappa shape index (κ3) is 3.60. The molecule has 0 amide bonds. The zero-order chi connectivity index (χ0) is 15.4. The van der Waals surface area contributed by atoms with Crippen LogP contribution in [0, 0.1) is 6.92 Å². The van der Waals surface area contributed by atoms with Crippen LogP contribution in [0.1, 0.15) is 57.1 Å². The first-order valence-electron chi connectivity index (χ1n) is 7.57. The van der Waals surface area contributed by atoms with Crippen molar-refractivity contribution < 1.29 is 5.11 Å². The Balaban J connectivity index is 3.31. The van der Waals surface area contributed by atoms with Crippen molar-refractivity contribution in [2.24, 2.45) is 5.73 Å². The Morgan fingerprint density at radius 1 is 1.25 bits per heavy atom. The van der Waals surface area contributed by atoms with Crippen LogP contribution in [0.3, 0.4) is 0 Å². The van der Waals surface area contributed by atoms with Gasteiger partial charge in [0.25, 0.3) is 0 Å². The summed E-state index contributed by atoms with van der Waals surface area (Å²) < 4.78 is 0. The van der Waals surface area contributed by atoms with Gasteiger partial charge in [-0.15, -0.1) is 0 Å². The molecule has 3 atom stereocenters. The Bertz CT molecular complexity index is 414. The molecule has 114 valence electrons. The van der Waals surface area contributed by atoms with Crippen LogP contribution in [-0.4, -0.2) is 23.4 Å². The molecule has 0 saturated heterocycles. The van der Waals surface area contributed by atoms with Crippen molar-refractivity contribution in [3.05, 3.63) is 35.4 Å². The second-order valence-electron chi connectivity index (χ2n) is 6.08. The highest BCUT2D eigenvalue weighted by Crippen LogP contribution is 2.39. The van der Waals surface area contributed by atoms with E-state index in [9.17, 15) is 5.11 Å². The number of rotatable bonds is 7. The molecule has 0 radical (unpaired) electrons. The van der Waals surface area contributed by atoms with Crippen molar-refractivity contribution in [1.82, 2.24) is 5.32 Å². The molecule has 1 aromatic carbocycles. The third-order valence-electron chi connectivity index (χ3n) is 4.43. The fourth-order valence-corrected chi connectivity index (χ4v) is 3.11. The van der Waals surface area contributed by atoms with Gasteiger partial charge in [0, 0.05) is 11.5 Å². The van der Waals surface area contributed by atoms with Crippen molar-refractivity contribution in [3.63, 3.8) is 0 Å². The second kappa shape index (κ2) is 6.70. The summed E-state index contributed by atoms with van der Waals surface area (Å²) in [6.07, 6.45) is 2.73. The molecular formula is C17H30N2O. The van der Waals surface area contributed by atoms with Crippen molar-refractivity contribution >= 4 is 0 Å². The maximum atomic E-state index is 10.8. The van der Waals surface area contributed by atoms with Gasteiger partial charge >= 0.3 is 0 Å². The molecular weight excluding hydrogens is 248 g/mol. The molecule has 0 aromatic heterocycles. The van der Waals surface area contributed by atoms with Gasteiger partial charge in [-0.1, -0.05) is 50.1 Å². The normalized spacial score (nSPS) is 19.1. The standard InChI is InChI=1S/C17H30N2O/c1-6-12-17(18,7-2)15(16(4,20)19-5)14-10-8-13(3)9-11-14/h8-11,15,19-20H,6-7,12,18H2,1-5H3. The van der Waals surface area contributed by atoms with E-state index in [4.69, 9.17) is 5.73 Å². The van der Waals surface area contributed by atoms with Gasteiger partial charge in [0.1, 0.15) is 5.72 Å². The Labute approximate surface area is 123 Å². The van der Waals surface area contributed by atoms with E-state index >= 15 is 0 Å². The van der Waals surface area contributed by atoms with E-state index in [0.29, 0.717) is 0 Å². The average molecular weight is 278 g/mol. The van der Waals surface area contributed by atoms with Crippen molar-refractivity contribution in [1.29, 1.82) is 0 Å². The van der Waals surface area contributed by atoms with Crippen molar-refractivity contribution in [2.75, 3.05) is 7.05 Å².